The highest BCUT2D eigenvalue weighted by Crippen LogP contribution is 2.24. The first-order chi connectivity index (χ1) is 5.25. The summed E-state index contributed by atoms with van der Waals surface area (Å²) in [5.41, 5.74) is 0. The van der Waals surface area contributed by atoms with Crippen LogP contribution in [0, 0.1) is 0 Å². The Morgan fingerprint density at radius 2 is 2.09 bits per heavy atom. The van der Waals surface area contributed by atoms with Gasteiger partial charge in [-0.3, -0.25) is 0 Å². The number of rotatable bonds is 2. The Morgan fingerprint density at radius 1 is 1.45 bits per heavy atom. The Hall–Kier alpha value is -1.00. The van der Waals surface area contributed by atoms with E-state index in [1.807, 2.05) is 0 Å². The summed E-state index contributed by atoms with van der Waals surface area (Å²) in [6, 6.07) is 0. The zero-order valence-corrected chi connectivity index (χ0v) is 6.40. The molecule has 4 nitrogen and oxygen atoms in total. The van der Waals surface area contributed by atoms with E-state index in [1.54, 1.807) is 6.08 Å². The van der Waals surface area contributed by atoms with Crippen LogP contribution in [0.15, 0.2) is 24.2 Å². The number of aliphatic hydroxyl groups is 1. The van der Waals surface area contributed by atoms with Gasteiger partial charge in [-0.05, 0) is 12.2 Å². The van der Waals surface area contributed by atoms with Gasteiger partial charge in [0.05, 0.1) is 6.26 Å². The third-order valence-electron chi connectivity index (χ3n) is 1.41. The van der Waals surface area contributed by atoms with Crippen LogP contribution in [-0.4, -0.2) is 25.3 Å². The van der Waals surface area contributed by atoms with E-state index in [2.05, 4.69) is 0 Å². The summed E-state index contributed by atoms with van der Waals surface area (Å²) >= 11 is 0. The van der Waals surface area contributed by atoms with E-state index >= 15 is 0 Å². The van der Waals surface area contributed by atoms with Crippen molar-refractivity contribution in [2.45, 2.75) is 5.97 Å². The number of aliphatic hydroxyl groups excluding tert-OH is 1. The van der Waals surface area contributed by atoms with Crippen LogP contribution in [-0.2, 0) is 14.2 Å². The molecule has 1 rings (SSSR count). The van der Waals surface area contributed by atoms with Gasteiger partial charge in [0.2, 0.25) is 0 Å². The van der Waals surface area contributed by atoms with Crippen LogP contribution in [0.4, 0.5) is 0 Å². The van der Waals surface area contributed by atoms with Gasteiger partial charge in [0.1, 0.15) is 0 Å². The highest BCUT2D eigenvalue weighted by molar-refractivity contribution is 5.13. The first-order valence-electron chi connectivity index (χ1n) is 3.09. The number of allylic oxidation sites excluding steroid dienone is 2. The van der Waals surface area contributed by atoms with Crippen LogP contribution in [0.1, 0.15) is 0 Å². The molecule has 0 aliphatic carbocycles. The molecule has 0 spiro atoms. The molecule has 0 saturated heterocycles. The maximum atomic E-state index is 9.25. The Labute approximate surface area is 64.7 Å². The van der Waals surface area contributed by atoms with Crippen molar-refractivity contribution in [3.8, 4) is 0 Å². The number of methoxy groups -OCH3 is 2. The molecule has 0 aromatic heterocycles. The summed E-state index contributed by atoms with van der Waals surface area (Å²) in [4.78, 5) is 0. The fraction of sp³-hybridized carbons (Fsp3) is 0.429. The lowest BCUT2D eigenvalue weighted by molar-refractivity contribution is -0.330. The van der Waals surface area contributed by atoms with Crippen molar-refractivity contribution in [3.63, 3.8) is 0 Å². The Balaban J connectivity index is 2.85. The minimum absolute atomic E-state index is 0.106. The summed E-state index contributed by atoms with van der Waals surface area (Å²) in [6.07, 6.45) is 4.37. The van der Waals surface area contributed by atoms with Crippen molar-refractivity contribution < 1.29 is 19.3 Å². The molecule has 11 heavy (non-hydrogen) atoms. The summed E-state index contributed by atoms with van der Waals surface area (Å²) < 4.78 is 14.6. The van der Waals surface area contributed by atoms with E-state index in [0.717, 1.165) is 0 Å². The first kappa shape index (κ1) is 8.10. The van der Waals surface area contributed by atoms with Gasteiger partial charge in [0.15, 0.2) is 5.76 Å². The predicted molar refractivity (Wildman–Crippen MR) is 37.7 cm³/mol. The van der Waals surface area contributed by atoms with Gasteiger partial charge in [-0.15, -0.1) is 0 Å². The van der Waals surface area contributed by atoms with Crippen molar-refractivity contribution in [1.82, 2.24) is 0 Å². The number of hydrogen-bond acceptors (Lipinski definition) is 4. The second-order valence-electron chi connectivity index (χ2n) is 1.96. The second-order valence-corrected chi connectivity index (χ2v) is 1.96. The van der Waals surface area contributed by atoms with E-state index in [1.165, 1.54) is 26.6 Å². The lowest BCUT2D eigenvalue weighted by atomic mass is 10.3. The van der Waals surface area contributed by atoms with Gasteiger partial charge >= 0.3 is 5.97 Å². The SMILES string of the molecule is COC1(OC)OC=CC=C1O. The fourth-order valence-corrected chi connectivity index (χ4v) is 0.810. The predicted octanol–water partition coefficient (Wildman–Crippen LogP) is 0.919. The van der Waals surface area contributed by atoms with Crippen LogP contribution in [0.5, 0.6) is 0 Å². The molecule has 0 fully saturated rings. The van der Waals surface area contributed by atoms with Crippen molar-refractivity contribution in [1.29, 1.82) is 0 Å². The fourth-order valence-electron chi connectivity index (χ4n) is 0.810. The summed E-state index contributed by atoms with van der Waals surface area (Å²) in [5.74, 6) is -1.56. The van der Waals surface area contributed by atoms with Gasteiger partial charge in [-0.2, -0.15) is 0 Å². The third kappa shape index (κ3) is 1.22. The van der Waals surface area contributed by atoms with Crippen molar-refractivity contribution in [2.24, 2.45) is 0 Å². The van der Waals surface area contributed by atoms with E-state index in [0.29, 0.717) is 0 Å². The molecule has 0 atom stereocenters. The van der Waals surface area contributed by atoms with Gasteiger partial charge in [-0.1, -0.05) is 0 Å². The van der Waals surface area contributed by atoms with Crippen LogP contribution in [0.2, 0.25) is 0 Å². The molecule has 0 aromatic rings. The lowest BCUT2D eigenvalue weighted by Crippen LogP contribution is -2.38. The van der Waals surface area contributed by atoms with Gasteiger partial charge in [-0.25, -0.2) is 0 Å². The van der Waals surface area contributed by atoms with E-state index in [-0.39, 0.29) is 5.76 Å². The summed E-state index contributed by atoms with van der Waals surface area (Å²) in [7, 11) is 2.76. The monoisotopic (exact) mass is 158 g/mol. The van der Waals surface area contributed by atoms with E-state index in [9.17, 15) is 5.11 Å². The second kappa shape index (κ2) is 2.94. The molecule has 1 heterocycles. The summed E-state index contributed by atoms with van der Waals surface area (Å²) in [6.45, 7) is 0. The third-order valence-corrected chi connectivity index (χ3v) is 1.41. The minimum Gasteiger partial charge on any atom is -0.504 e. The molecule has 0 radical (unpaired) electrons. The van der Waals surface area contributed by atoms with Crippen LogP contribution >= 0.6 is 0 Å². The standard InChI is InChI=1S/C7H10O4/c1-9-7(10-2)6(8)4-3-5-11-7/h3-5,8H,1-2H3. The van der Waals surface area contributed by atoms with Crippen LogP contribution in [0.25, 0.3) is 0 Å². The average Bonchev–Trinajstić information content (AvgIpc) is 2.06. The van der Waals surface area contributed by atoms with Crippen LogP contribution in [0.3, 0.4) is 0 Å². The quantitative estimate of drug-likeness (QED) is 0.607. The van der Waals surface area contributed by atoms with E-state index < -0.39 is 5.97 Å². The molecule has 1 aliphatic heterocycles. The normalized spacial score (nSPS) is 20.7. The van der Waals surface area contributed by atoms with E-state index in [4.69, 9.17) is 14.2 Å². The maximum Gasteiger partial charge on any atom is 0.388 e. The Morgan fingerprint density at radius 3 is 2.45 bits per heavy atom. The molecular formula is C7H10O4. The minimum atomic E-state index is -1.45. The highest BCUT2D eigenvalue weighted by Gasteiger charge is 2.38. The smallest absolute Gasteiger partial charge is 0.388 e. The highest BCUT2D eigenvalue weighted by atomic mass is 16.9. The molecular weight excluding hydrogens is 148 g/mol. The van der Waals surface area contributed by atoms with Crippen molar-refractivity contribution in [2.75, 3.05) is 14.2 Å². The molecule has 0 unspecified atom stereocenters. The van der Waals surface area contributed by atoms with Crippen molar-refractivity contribution in [3.05, 3.63) is 24.2 Å². The average molecular weight is 158 g/mol. The van der Waals surface area contributed by atoms with Crippen LogP contribution < -0.4 is 0 Å². The molecule has 4 heteroatoms. The molecule has 0 bridgehead atoms. The molecule has 62 valence electrons. The molecule has 0 saturated carbocycles. The molecule has 1 N–H and O–H groups in total. The Kier molecular flexibility index (Phi) is 2.16. The molecule has 0 aromatic carbocycles. The zero-order chi connectivity index (χ0) is 8.32. The molecule has 0 amide bonds. The zero-order valence-electron chi connectivity index (χ0n) is 6.40. The number of hydrogen-bond donors (Lipinski definition) is 1. The maximum absolute atomic E-state index is 9.25. The topological polar surface area (TPSA) is 47.9 Å². The summed E-state index contributed by atoms with van der Waals surface area (Å²) in [5, 5.41) is 9.25. The largest absolute Gasteiger partial charge is 0.504 e. The van der Waals surface area contributed by atoms with Gasteiger partial charge in [0, 0.05) is 14.2 Å². The Bertz CT molecular complexity index is 191. The number of ether oxygens (including phenoxy) is 3. The lowest BCUT2D eigenvalue weighted by Gasteiger charge is -2.29. The van der Waals surface area contributed by atoms with Gasteiger partial charge < -0.3 is 19.3 Å². The first-order valence-corrected chi connectivity index (χ1v) is 3.09. The molecule has 1 aliphatic rings. The van der Waals surface area contributed by atoms with Gasteiger partial charge in [0.25, 0.3) is 0 Å². The van der Waals surface area contributed by atoms with Crippen molar-refractivity contribution >= 4 is 0 Å².